The first-order chi connectivity index (χ1) is 5.92. The van der Waals surface area contributed by atoms with Gasteiger partial charge in [0.1, 0.15) is 0 Å². The summed E-state index contributed by atoms with van der Waals surface area (Å²) >= 11 is 0. The van der Waals surface area contributed by atoms with Crippen LogP contribution in [0, 0.1) is 0 Å². The summed E-state index contributed by atoms with van der Waals surface area (Å²) in [5.41, 5.74) is 9.80. The van der Waals surface area contributed by atoms with E-state index >= 15 is 0 Å². The Morgan fingerprint density at radius 2 is 2.25 bits per heavy atom. The van der Waals surface area contributed by atoms with Crippen LogP contribution in [0.2, 0.25) is 0 Å². The predicted molar refractivity (Wildman–Crippen MR) is 51.9 cm³/mol. The molecule has 0 spiro atoms. The van der Waals surface area contributed by atoms with Gasteiger partial charge in [-0.2, -0.15) is 0 Å². The second kappa shape index (κ2) is 3.11. The van der Waals surface area contributed by atoms with Gasteiger partial charge in [0.2, 0.25) is 0 Å². The van der Waals surface area contributed by atoms with Crippen LogP contribution < -0.4 is 5.73 Å². The summed E-state index contributed by atoms with van der Waals surface area (Å²) in [4.78, 5) is 0. The van der Waals surface area contributed by atoms with Crippen LogP contribution in [0.5, 0.6) is 0 Å². The minimum Gasteiger partial charge on any atom is -0.330 e. The molecule has 0 aromatic heterocycles. The third-order valence-corrected chi connectivity index (χ3v) is 2.34. The highest BCUT2D eigenvalue weighted by Crippen LogP contribution is 2.22. The van der Waals surface area contributed by atoms with Crippen LogP contribution >= 0.6 is 0 Å². The van der Waals surface area contributed by atoms with Gasteiger partial charge in [-0.05, 0) is 36.1 Å². The number of nitrogens with two attached hydrogens (primary N) is 1. The molecule has 62 valence electrons. The van der Waals surface area contributed by atoms with Crippen molar-refractivity contribution >= 4 is 6.08 Å². The Morgan fingerprint density at radius 3 is 3.08 bits per heavy atom. The quantitative estimate of drug-likeness (QED) is 0.699. The van der Waals surface area contributed by atoms with E-state index in [1.54, 1.807) is 0 Å². The van der Waals surface area contributed by atoms with Crippen LogP contribution in [0.25, 0.3) is 6.08 Å². The Kier molecular flexibility index (Phi) is 1.96. The zero-order valence-electron chi connectivity index (χ0n) is 7.09. The second-order valence-electron chi connectivity index (χ2n) is 3.13. The first-order valence-corrected chi connectivity index (χ1v) is 4.39. The van der Waals surface area contributed by atoms with Crippen molar-refractivity contribution in [3.8, 4) is 0 Å². The predicted octanol–water partition coefficient (Wildman–Crippen LogP) is 1.76. The molecule has 0 amide bonds. The van der Waals surface area contributed by atoms with Crippen molar-refractivity contribution in [2.75, 3.05) is 6.54 Å². The van der Waals surface area contributed by atoms with Crippen LogP contribution in [0.15, 0.2) is 24.3 Å². The zero-order chi connectivity index (χ0) is 8.39. The molecule has 0 fully saturated rings. The standard InChI is InChI=1S/C11H13N/c12-8-7-10-4-1-3-9-5-2-6-11(9)10/h1-5H,6-8,12H2. The molecule has 0 aliphatic heterocycles. The lowest BCUT2D eigenvalue weighted by molar-refractivity contribution is 0.951. The molecule has 12 heavy (non-hydrogen) atoms. The molecule has 2 rings (SSSR count). The van der Waals surface area contributed by atoms with Gasteiger partial charge in [-0.25, -0.2) is 0 Å². The first kappa shape index (κ1) is 7.56. The van der Waals surface area contributed by atoms with Crippen LogP contribution in [0.3, 0.4) is 0 Å². The summed E-state index contributed by atoms with van der Waals surface area (Å²) in [6.07, 6.45) is 6.50. The average molecular weight is 159 g/mol. The van der Waals surface area contributed by atoms with Crippen LogP contribution in [-0.2, 0) is 12.8 Å². The molecule has 1 aliphatic carbocycles. The lowest BCUT2D eigenvalue weighted by Gasteiger charge is -2.05. The average Bonchev–Trinajstić information content (AvgIpc) is 2.53. The molecule has 0 bridgehead atoms. The maximum Gasteiger partial charge on any atom is -0.00366 e. The maximum absolute atomic E-state index is 5.53. The monoisotopic (exact) mass is 159 g/mol. The van der Waals surface area contributed by atoms with Crippen molar-refractivity contribution in [2.45, 2.75) is 12.8 Å². The molecular formula is C11H13N. The number of hydrogen-bond acceptors (Lipinski definition) is 1. The number of rotatable bonds is 2. The van der Waals surface area contributed by atoms with E-state index in [0.717, 1.165) is 19.4 Å². The molecule has 0 unspecified atom stereocenters. The van der Waals surface area contributed by atoms with Crippen LogP contribution in [-0.4, -0.2) is 6.54 Å². The molecule has 0 radical (unpaired) electrons. The molecule has 0 atom stereocenters. The van der Waals surface area contributed by atoms with E-state index in [1.165, 1.54) is 16.7 Å². The summed E-state index contributed by atoms with van der Waals surface area (Å²) in [5, 5.41) is 0. The first-order valence-electron chi connectivity index (χ1n) is 4.39. The van der Waals surface area contributed by atoms with E-state index in [9.17, 15) is 0 Å². The molecule has 1 aromatic carbocycles. The van der Waals surface area contributed by atoms with Gasteiger partial charge in [0.15, 0.2) is 0 Å². The van der Waals surface area contributed by atoms with Crippen molar-refractivity contribution < 1.29 is 0 Å². The molecule has 0 saturated carbocycles. The summed E-state index contributed by atoms with van der Waals surface area (Å²) < 4.78 is 0. The van der Waals surface area contributed by atoms with E-state index in [1.807, 2.05) is 0 Å². The molecule has 0 saturated heterocycles. The van der Waals surface area contributed by atoms with Crippen LogP contribution in [0.1, 0.15) is 16.7 Å². The highest BCUT2D eigenvalue weighted by molar-refractivity contribution is 5.61. The lowest BCUT2D eigenvalue weighted by atomic mass is 10.0. The van der Waals surface area contributed by atoms with E-state index in [-0.39, 0.29) is 0 Å². The van der Waals surface area contributed by atoms with Crippen molar-refractivity contribution in [3.05, 3.63) is 41.0 Å². The molecule has 0 heterocycles. The van der Waals surface area contributed by atoms with Crippen molar-refractivity contribution in [1.82, 2.24) is 0 Å². The van der Waals surface area contributed by atoms with E-state index < -0.39 is 0 Å². The molecule has 1 nitrogen and oxygen atoms in total. The minimum atomic E-state index is 0.746. The van der Waals surface area contributed by atoms with Gasteiger partial charge in [0.25, 0.3) is 0 Å². The third-order valence-electron chi connectivity index (χ3n) is 2.34. The van der Waals surface area contributed by atoms with Gasteiger partial charge in [0, 0.05) is 0 Å². The highest BCUT2D eigenvalue weighted by atomic mass is 14.5. The molecule has 1 aliphatic rings. The van der Waals surface area contributed by atoms with Gasteiger partial charge < -0.3 is 5.73 Å². The fourth-order valence-electron chi connectivity index (χ4n) is 1.75. The topological polar surface area (TPSA) is 26.0 Å². The fraction of sp³-hybridized carbons (Fsp3) is 0.273. The van der Waals surface area contributed by atoms with Crippen molar-refractivity contribution in [2.24, 2.45) is 5.73 Å². The molecule has 1 heteroatoms. The van der Waals surface area contributed by atoms with Gasteiger partial charge >= 0.3 is 0 Å². The van der Waals surface area contributed by atoms with Gasteiger partial charge in [-0.1, -0.05) is 30.4 Å². The molecule has 1 aromatic rings. The van der Waals surface area contributed by atoms with Gasteiger partial charge in [0.05, 0.1) is 0 Å². The van der Waals surface area contributed by atoms with Gasteiger partial charge in [-0.15, -0.1) is 0 Å². The fourth-order valence-corrected chi connectivity index (χ4v) is 1.75. The summed E-state index contributed by atoms with van der Waals surface area (Å²) in [6.45, 7) is 0.746. The van der Waals surface area contributed by atoms with Crippen molar-refractivity contribution in [1.29, 1.82) is 0 Å². The lowest BCUT2D eigenvalue weighted by Crippen LogP contribution is -2.05. The second-order valence-corrected chi connectivity index (χ2v) is 3.13. The number of hydrogen-bond donors (Lipinski definition) is 1. The van der Waals surface area contributed by atoms with Crippen LogP contribution in [0.4, 0.5) is 0 Å². The van der Waals surface area contributed by atoms with E-state index in [0.29, 0.717) is 0 Å². The summed E-state index contributed by atoms with van der Waals surface area (Å²) in [7, 11) is 0. The Labute approximate surface area is 72.9 Å². The third kappa shape index (κ3) is 1.16. The number of benzene rings is 1. The molecular weight excluding hydrogens is 146 g/mol. The Hall–Kier alpha value is -1.08. The Morgan fingerprint density at radius 1 is 1.33 bits per heavy atom. The largest absolute Gasteiger partial charge is 0.330 e. The Bertz CT molecular complexity index is 313. The SMILES string of the molecule is NCCc1cccc2c1CC=C2. The minimum absolute atomic E-state index is 0.746. The van der Waals surface area contributed by atoms with E-state index in [2.05, 4.69) is 30.4 Å². The van der Waals surface area contributed by atoms with Crippen molar-refractivity contribution in [3.63, 3.8) is 0 Å². The number of allylic oxidation sites excluding steroid dienone is 1. The van der Waals surface area contributed by atoms with E-state index in [4.69, 9.17) is 5.73 Å². The smallest absolute Gasteiger partial charge is 0.00366 e. The highest BCUT2D eigenvalue weighted by Gasteiger charge is 2.08. The molecule has 2 N–H and O–H groups in total. The normalized spacial score (nSPS) is 13.4. The Balaban J connectivity index is 2.39. The number of fused-ring (bicyclic) bond motifs is 1. The zero-order valence-corrected chi connectivity index (χ0v) is 7.09. The summed E-state index contributed by atoms with van der Waals surface area (Å²) in [6, 6.07) is 6.46. The maximum atomic E-state index is 5.53. The summed E-state index contributed by atoms with van der Waals surface area (Å²) in [5.74, 6) is 0. The van der Waals surface area contributed by atoms with Gasteiger partial charge in [-0.3, -0.25) is 0 Å².